The average Bonchev–Trinajstić information content (AvgIpc) is 3.11. The molecule has 2 aromatic rings. The quantitative estimate of drug-likeness (QED) is 0.660. The van der Waals surface area contributed by atoms with Crippen LogP contribution in [0.1, 0.15) is 69.0 Å². The van der Waals surface area contributed by atoms with Crippen LogP contribution in [-0.4, -0.2) is 67.2 Å². The molecule has 1 aliphatic carbocycles. The van der Waals surface area contributed by atoms with Crippen molar-refractivity contribution in [3.8, 4) is 0 Å². The van der Waals surface area contributed by atoms with Crippen molar-refractivity contribution in [3.63, 3.8) is 0 Å². The summed E-state index contributed by atoms with van der Waals surface area (Å²) in [5.41, 5.74) is 1.38. The number of aliphatic hydroxyl groups is 1. The van der Waals surface area contributed by atoms with Gasteiger partial charge in [-0.2, -0.15) is 0 Å². The highest BCUT2D eigenvalue weighted by Crippen LogP contribution is 2.40. The number of aryl methyl sites for hydroxylation is 1. The molecule has 0 unspecified atom stereocenters. The van der Waals surface area contributed by atoms with Gasteiger partial charge in [0.05, 0.1) is 18.0 Å². The molecule has 2 amide bonds. The van der Waals surface area contributed by atoms with Gasteiger partial charge in [-0.1, -0.05) is 31.1 Å². The molecule has 4 rings (SSSR count). The highest BCUT2D eigenvalue weighted by molar-refractivity contribution is 5.90. The van der Waals surface area contributed by atoms with E-state index in [1.807, 2.05) is 33.9 Å². The lowest BCUT2D eigenvalue weighted by Crippen LogP contribution is -2.50. The van der Waals surface area contributed by atoms with Crippen LogP contribution in [0.4, 0.5) is 0 Å². The van der Waals surface area contributed by atoms with E-state index in [1.54, 1.807) is 10.9 Å². The van der Waals surface area contributed by atoms with Crippen LogP contribution < -0.4 is 5.32 Å². The molecule has 32 heavy (non-hydrogen) atoms. The molecule has 0 radical (unpaired) electrons. The predicted molar refractivity (Wildman–Crippen MR) is 115 cm³/mol. The summed E-state index contributed by atoms with van der Waals surface area (Å²) in [7, 11) is 0. The molecule has 2 aliphatic rings. The zero-order valence-corrected chi connectivity index (χ0v) is 19.1. The minimum Gasteiger partial charge on any atom is -0.391 e. The topological polar surface area (TPSA) is 126 Å². The van der Waals surface area contributed by atoms with Crippen LogP contribution in [0.15, 0.2) is 16.9 Å². The van der Waals surface area contributed by atoms with E-state index in [0.717, 1.165) is 29.9 Å². The molecule has 0 spiro atoms. The van der Waals surface area contributed by atoms with Gasteiger partial charge in [0.1, 0.15) is 17.8 Å². The van der Waals surface area contributed by atoms with Crippen molar-refractivity contribution >= 4 is 11.8 Å². The van der Waals surface area contributed by atoms with Crippen LogP contribution in [0.25, 0.3) is 0 Å². The Hall–Kier alpha value is -2.75. The molecule has 2 N–H and O–H groups in total. The Morgan fingerprint density at radius 2 is 2.09 bits per heavy atom. The minimum atomic E-state index is -0.742. The fourth-order valence-corrected chi connectivity index (χ4v) is 4.32. The maximum atomic E-state index is 13.7. The zero-order chi connectivity index (χ0) is 23.0. The van der Waals surface area contributed by atoms with Gasteiger partial charge in [-0.15, -0.1) is 5.10 Å². The summed E-state index contributed by atoms with van der Waals surface area (Å²) in [4.78, 5) is 28.1. The SMILES string of the molecule is Cc1oncc1CCNC(=O)[C@@H]1C[C@@H](O)CN1C(=O)[C@@H](n1cc(C2CC2)nn1)C(C)(C)C. The lowest BCUT2D eigenvalue weighted by atomic mass is 9.85. The minimum absolute atomic E-state index is 0.123. The molecule has 3 heterocycles. The molecule has 2 aromatic heterocycles. The molecule has 0 bridgehead atoms. The summed E-state index contributed by atoms with van der Waals surface area (Å²) in [6, 6.07) is -1.35. The first-order chi connectivity index (χ1) is 15.1. The summed E-state index contributed by atoms with van der Waals surface area (Å²) in [6.45, 7) is 8.25. The van der Waals surface area contributed by atoms with Gasteiger partial charge in [-0.25, -0.2) is 4.68 Å². The largest absolute Gasteiger partial charge is 0.391 e. The van der Waals surface area contributed by atoms with Crippen molar-refractivity contribution in [3.05, 3.63) is 29.4 Å². The van der Waals surface area contributed by atoms with Crippen LogP contribution >= 0.6 is 0 Å². The number of carbonyl (C=O) groups is 2. The van der Waals surface area contributed by atoms with E-state index in [-0.39, 0.29) is 24.8 Å². The molecule has 0 aromatic carbocycles. The Bertz CT molecular complexity index is 973. The third-order valence-electron chi connectivity index (χ3n) is 6.25. The molecule has 1 saturated heterocycles. The smallest absolute Gasteiger partial charge is 0.248 e. The van der Waals surface area contributed by atoms with E-state index in [0.29, 0.717) is 18.9 Å². The van der Waals surface area contributed by atoms with E-state index in [9.17, 15) is 14.7 Å². The first-order valence-corrected chi connectivity index (χ1v) is 11.2. The standard InChI is InChI=1S/C22H32N6O4/c1-13-15(10-24-32-13)7-8-23-20(30)18-9-16(29)11-27(18)21(31)19(22(2,3)4)28-12-17(25-26-28)14-5-6-14/h10,12,14,16,18-19,29H,5-9,11H2,1-4H3,(H,23,30)/t16-,18+,19-/m1/s1. The zero-order valence-electron chi connectivity index (χ0n) is 19.1. The van der Waals surface area contributed by atoms with E-state index >= 15 is 0 Å². The maximum Gasteiger partial charge on any atom is 0.248 e. The van der Waals surface area contributed by atoms with E-state index in [1.165, 1.54) is 4.90 Å². The molecule has 2 fully saturated rings. The fourth-order valence-electron chi connectivity index (χ4n) is 4.32. The molecular weight excluding hydrogens is 412 g/mol. The Kier molecular flexibility index (Phi) is 6.07. The van der Waals surface area contributed by atoms with Crippen LogP contribution in [-0.2, 0) is 16.0 Å². The number of nitrogens with zero attached hydrogens (tertiary/aromatic N) is 5. The fraction of sp³-hybridized carbons (Fsp3) is 0.682. The van der Waals surface area contributed by atoms with Gasteiger partial charge in [0.2, 0.25) is 11.8 Å². The monoisotopic (exact) mass is 444 g/mol. The third kappa shape index (κ3) is 4.69. The number of hydrogen-bond acceptors (Lipinski definition) is 7. The number of nitrogens with one attached hydrogen (secondary N) is 1. The van der Waals surface area contributed by atoms with Gasteiger partial charge in [-0.3, -0.25) is 9.59 Å². The normalized spacial score (nSPS) is 22.2. The maximum absolute atomic E-state index is 13.7. The Balaban J connectivity index is 1.47. The van der Waals surface area contributed by atoms with Gasteiger partial charge in [0.15, 0.2) is 0 Å². The van der Waals surface area contributed by atoms with Crippen LogP contribution in [0.3, 0.4) is 0 Å². The Morgan fingerprint density at radius 1 is 1.34 bits per heavy atom. The number of amides is 2. The van der Waals surface area contributed by atoms with Gasteiger partial charge in [-0.05, 0) is 31.6 Å². The number of aliphatic hydroxyl groups excluding tert-OH is 1. The summed E-state index contributed by atoms with van der Waals surface area (Å²) in [5, 5.41) is 25.4. The highest BCUT2D eigenvalue weighted by atomic mass is 16.5. The number of rotatable bonds is 7. The first-order valence-electron chi connectivity index (χ1n) is 11.2. The summed E-state index contributed by atoms with van der Waals surface area (Å²) in [6.07, 6.45) is 5.74. The lowest BCUT2D eigenvalue weighted by Gasteiger charge is -2.34. The van der Waals surface area contributed by atoms with E-state index in [2.05, 4.69) is 20.8 Å². The van der Waals surface area contributed by atoms with Crippen molar-refractivity contribution in [1.82, 2.24) is 30.4 Å². The molecule has 1 saturated carbocycles. The molecule has 1 aliphatic heterocycles. The third-order valence-corrected chi connectivity index (χ3v) is 6.25. The molecule has 10 heteroatoms. The van der Waals surface area contributed by atoms with Crippen LogP contribution in [0.2, 0.25) is 0 Å². The van der Waals surface area contributed by atoms with Crippen LogP contribution in [0.5, 0.6) is 0 Å². The first kappa shape index (κ1) is 22.4. The van der Waals surface area contributed by atoms with Gasteiger partial charge >= 0.3 is 0 Å². The number of likely N-dealkylation sites (tertiary alicyclic amines) is 1. The van der Waals surface area contributed by atoms with Crippen molar-refractivity contribution in [2.75, 3.05) is 13.1 Å². The van der Waals surface area contributed by atoms with Gasteiger partial charge in [0, 0.05) is 37.2 Å². The second kappa shape index (κ2) is 8.65. The van der Waals surface area contributed by atoms with Crippen molar-refractivity contribution in [2.45, 2.75) is 77.5 Å². The van der Waals surface area contributed by atoms with E-state index < -0.39 is 23.6 Å². The highest BCUT2D eigenvalue weighted by Gasteiger charge is 2.45. The van der Waals surface area contributed by atoms with Crippen LogP contribution in [0, 0.1) is 12.3 Å². The van der Waals surface area contributed by atoms with E-state index in [4.69, 9.17) is 4.52 Å². The number of aromatic nitrogens is 4. The second-order valence-electron chi connectivity index (χ2n) is 10.0. The molecular formula is C22H32N6O4. The van der Waals surface area contributed by atoms with Crippen molar-refractivity contribution in [1.29, 1.82) is 0 Å². The predicted octanol–water partition coefficient (Wildman–Crippen LogP) is 1.36. The lowest BCUT2D eigenvalue weighted by molar-refractivity contribution is -0.144. The second-order valence-corrected chi connectivity index (χ2v) is 10.0. The summed E-state index contributed by atoms with van der Waals surface area (Å²) >= 11 is 0. The summed E-state index contributed by atoms with van der Waals surface area (Å²) < 4.78 is 6.67. The number of β-amino-alcohol motifs (C(OH)–C–C–N with tert-alkyl or cyclic N) is 1. The van der Waals surface area contributed by atoms with Crippen molar-refractivity contribution < 1.29 is 19.2 Å². The average molecular weight is 445 g/mol. The molecule has 3 atom stereocenters. The summed E-state index contributed by atoms with van der Waals surface area (Å²) in [5.74, 6) is 0.657. The number of carbonyl (C=O) groups excluding carboxylic acids is 2. The Morgan fingerprint density at radius 3 is 2.72 bits per heavy atom. The molecule has 174 valence electrons. The molecule has 10 nitrogen and oxygen atoms in total. The Labute approximate surface area is 187 Å². The van der Waals surface area contributed by atoms with Gasteiger partial charge in [0.25, 0.3) is 0 Å². The van der Waals surface area contributed by atoms with Gasteiger partial charge < -0.3 is 19.8 Å². The van der Waals surface area contributed by atoms with Crippen molar-refractivity contribution in [2.24, 2.45) is 5.41 Å². The number of hydrogen-bond donors (Lipinski definition) is 2.